The molecular formula is C44H27N5O. The predicted molar refractivity (Wildman–Crippen MR) is 199 cm³/mol. The van der Waals surface area contributed by atoms with Crippen molar-refractivity contribution in [3.8, 4) is 67.8 Å². The van der Waals surface area contributed by atoms with Crippen molar-refractivity contribution in [2.24, 2.45) is 0 Å². The topological polar surface area (TPSA) is 73.0 Å². The number of imidazole rings is 1. The average molecular weight is 642 g/mol. The number of aromatic nitrogens is 5. The van der Waals surface area contributed by atoms with E-state index in [1.807, 2.05) is 84.9 Å². The van der Waals surface area contributed by atoms with Gasteiger partial charge in [-0.2, -0.15) is 0 Å². The van der Waals surface area contributed by atoms with Crippen molar-refractivity contribution in [3.63, 3.8) is 0 Å². The molecule has 3 aromatic heterocycles. The maximum Gasteiger partial charge on any atom is 0.256 e. The monoisotopic (exact) mass is 641 g/mol. The lowest BCUT2D eigenvalue weighted by Crippen LogP contribution is -2.11. The second-order valence-electron chi connectivity index (χ2n) is 12.7. The van der Waals surface area contributed by atoms with Crippen molar-refractivity contribution < 1.29 is 0 Å². The quantitative estimate of drug-likeness (QED) is 0.187. The van der Waals surface area contributed by atoms with Crippen LogP contribution in [0.3, 0.4) is 0 Å². The van der Waals surface area contributed by atoms with Gasteiger partial charge in [0, 0.05) is 33.7 Å². The summed E-state index contributed by atoms with van der Waals surface area (Å²) in [5.74, 6) is 2.60. The highest BCUT2D eigenvalue weighted by molar-refractivity contribution is 5.96. The van der Waals surface area contributed by atoms with Crippen LogP contribution in [0, 0.1) is 0 Å². The summed E-state index contributed by atoms with van der Waals surface area (Å²) in [4.78, 5) is 32.8. The van der Waals surface area contributed by atoms with E-state index in [9.17, 15) is 4.79 Å². The van der Waals surface area contributed by atoms with Gasteiger partial charge < -0.3 is 0 Å². The highest BCUT2D eigenvalue weighted by Gasteiger charge is 2.25. The summed E-state index contributed by atoms with van der Waals surface area (Å²) in [6.45, 7) is 0. The van der Waals surface area contributed by atoms with E-state index in [0.717, 1.165) is 61.8 Å². The first-order valence-corrected chi connectivity index (χ1v) is 16.7. The molecule has 10 rings (SSSR count). The van der Waals surface area contributed by atoms with E-state index in [1.54, 1.807) is 10.5 Å². The first-order chi connectivity index (χ1) is 24.7. The molecule has 0 N–H and O–H groups in total. The summed E-state index contributed by atoms with van der Waals surface area (Å²) >= 11 is 0. The molecule has 0 saturated carbocycles. The maximum atomic E-state index is 13.0. The van der Waals surface area contributed by atoms with Gasteiger partial charge in [-0.05, 0) is 58.0 Å². The van der Waals surface area contributed by atoms with Crippen LogP contribution in [0.15, 0.2) is 156 Å². The van der Waals surface area contributed by atoms with Crippen LogP contribution in [-0.4, -0.2) is 24.3 Å². The number of fused-ring (bicyclic) bond motifs is 3. The Labute approximate surface area is 287 Å². The second-order valence-corrected chi connectivity index (χ2v) is 12.7. The van der Waals surface area contributed by atoms with Crippen molar-refractivity contribution in [1.82, 2.24) is 24.3 Å². The average Bonchev–Trinajstić information content (AvgIpc) is 3.77. The van der Waals surface area contributed by atoms with Gasteiger partial charge in [0.25, 0.3) is 5.56 Å². The fraction of sp³-hybridized carbons (Fsp3) is 0.0227. The number of pyridine rings is 1. The lowest BCUT2D eigenvalue weighted by molar-refractivity contribution is 1.07. The lowest BCUT2D eigenvalue weighted by Gasteiger charge is -2.13. The van der Waals surface area contributed by atoms with Crippen LogP contribution in [0.5, 0.6) is 0 Å². The third kappa shape index (κ3) is 4.54. The molecule has 9 aromatic rings. The van der Waals surface area contributed by atoms with Gasteiger partial charge in [0.05, 0.1) is 11.0 Å². The predicted octanol–water partition coefficient (Wildman–Crippen LogP) is 9.38. The van der Waals surface area contributed by atoms with E-state index in [4.69, 9.17) is 19.9 Å². The lowest BCUT2D eigenvalue weighted by atomic mass is 9.95. The molecule has 6 heteroatoms. The molecular weight excluding hydrogens is 615 g/mol. The summed E-state index contributed by atoms with van der Waals surface area (Å²) in [5.41, 5.74) is 12.5. The van der Waals surface area contributed by atoms with Crippen LogP contribution in [0.4, 0.5) is 0 Å². The minimum Gasteiger partial charge on any atom is -0.269 e. The minimum atomic E-state index is -0.0803. The number of hydrogen-bond donors (Lipinski definition) is 0. The Hall–Kier alpha value is -6.79. The number of benzene rings is 6. The zero-order valence-corrected chi connectivity index (χ0v) is 26.8. The number of hydrogen-bond acceptors (Lipinski definition) is 5. The van der Waals surface area contributed by atoms with E-state index in [-0.39, 0.29) is 5.56 Å². The molecule has 3 heterocycles. The molecule has 0 bridgehead atoms. The molecule has 0 atom stereocenters. The van der Waals surface area contributed by atoms with Gasteiger partial charge in [0.2, 0.25) is 0 Å². The Balaban J connectivity index is 1.07. The summed E-state index contributed by atoms with van der Waals surface area (Å²) in [5, 5.41) is 1.00. The number of para-hydroxylation sites is 1. The minimum absolute atomic E-state index is 0.0803. The van der Waals surface area contributed by atoms with Crippen molar-refractivity contribution in [2.45, 2.75) is 6.42 Å². The third-order valence-corrected chi connectivity index (χ3v) is 9.66. The van der Waals surface area contributed by atoms with Gasteiger partial charge in [-0.3, -0.25) is 9.20 Å². The molecule has 1 aliphatic carbocycles. The van der Waals surface area contributed by atoms with E-state index < -0.39 is 0 Å². The Morgan fingerprint density at radius 2 is 1.12 bits per heavy atom. The fourth-order valence-electron chi connectivity index (χ4n) is 7.27. The van der Waals surface area contributed by atoms with E-state index in [0.29, 0.717) is 23.3 Å². The summed E-state index contributed by atoms with van der Waals surface area (Å²) < 4.78 is 1.72. The van der Waals surface area contributed by atoms with Crippen LogP contribution in [-0.2, 0) is 6.42 Å². The summed E-state index contributed by atoms with van der Waals surface area (Å²) in [7, 11) is 0. The molecule has 234 valence electrons. The Morgan fingerprint density at radius 3 is 1.86 bits per heavy atom. The largest absolute Gasteiger partial charge is 0.269 e. The first-order valence-electron chi connectivity index (χ1n) is 16.7. The van der Waals surface area contributed by atoms with Gasteiger partial charge in [-0.1, -0.05) is 127 Å². The number of rotatable bonds is 5. The van der Waals surface area contributed by atoms with E-state index in [1.165, 1.54) is 16.7 Å². The molecule has 0 fully saturated rings. The van der Waals surface area contributed by atoms with Crippen LogP contribution in [0.1, 0.15) is 11.1 Å². The zero-order valence-electron chi connectivity index (χ0n) is 26.8. The zero-order chi connectivity index (χ0) is 33.2. The SMILES string of the molecule is O=c1ccc2cccc3nc(-c4ccc(-c5ccc6c(c5)-c5c(cccc5-c5nc(-c7ccccc7)nc(-c7ccccc7)n5)C6)cc4)n1c23. The second kappa shape index (κ2) is 11.1. The molecule has 0 saturated heterocycles. The normalized spacial score (nSPS) is 12.0. The molecule has 0 amide bonds. The van der Waals surface area contributed by atoms with Crippen LogP contribution < -0.4 is 5.56 Å². The molecule has 6 nitrogen and oxygen atoms in total. The van der Waals surface area contributed by atoms with Gasteiger partial charge in [0.15, 0.2) is 17.5 Å². The van der Waals surface area contributed by atoms with Crippen LogP contribution >= 0.6 is 0 Å². The molecule has 50 heavy (non-hydrogen) atoms. The molecule has 0 spiro atoms. The van der Waals surface area contributed by atoms with Crippen molar-refractivity contribution in [1.29, 1.82) is 0 Å². The van der Waals surface area contributed by atoms with Gasteiger partial charge in [0.1, 0.15) is 5.82 Å². The first kappa shape index (κ1) is 28.2. The Morgan fingerprint density at radius 1 is 0.460 bits per heavy atom. The van der Waals surface area contributed by atoms with E-state index >= 15 is 0 Å². The summed E-state index contributed by atoms with van der Waals surface area (Å²) in [6.07, 6.45) is 0.848. The molecule has 0 aliphatic heterocycles. The van der Waals surface area contributed by atoms with Crippen molar-refractivity contribution in [2.75, 3.05) is 0 Å². The van der Waals surface area contributed by atoms with Gasteiger partial charge in [-0.15, -0.1) is 0 Å². The fourth-order valence-corrected chi connectivity index (χ4v) is 7.27. The van der Waals surface area contributed by atoms with Crippen LogP contribution in [0.25, 0.3) is 84.2 Å². The smallest absolute Gasteiger partial charge is 0.256 e. The molecule has 0 unspecified atom stereocenters. The van der Waals surface area contributed by atoms with E-state index in [2.05, 4.69) is 60.7 Å². The maximum absolute atomic E-state index is 13.0. The Bertz CT molecular complexity index is 2730. The number of nitrogens with zero attached hydrogens (tertiary/aromatic N) is 5. The molecule has 6 aromatic carbocycles. The Kier molecular flexibility index (Phi) is 6.29. The van der Waals surface area contributed by atoms with Gasteiger partial charge >= 0.3 is 0 Å². The highest BCUT2D eigenvalue weighted by Crippen LogP contribution is 2.44. The van der Waals surface area contributed by atoms with Gasteiger partial charge in [-0.25, -0.2) is 19.9 Å². The standard InChI is InChI=1S/C44H27N5O/c50-38-24-23-28-13-8-16-37-40(28)49(38)44(45-37)31-19-17-27(18-20-31)32-21-22-33-25-34-14-7-15-35(39(34)36(33)26-32)43-47-41(29-9-3-1-4-10-29)46-42(48-43)30-11-5-2-6-12-30/h1-24,26H,25H2. The van der Waals surface area contributed by atoms with Crippen LogP contribution in [0.2, 0.25) is 0 Å². The molecule has 1 aliphatic rings. The third-order valence-electron chi connectivity index (χ3n) is 9.66. The van der Waals surface area contributed by atoms with Crippen molar-refractivity contribution in [3.05, 3.63) is 173 Å². The molecule has 0 radical (unpaired) electrons. The van der Waals surface area contributed by atoms with Crippen molar-refractivity contribution >= 4 is 16.4 Å². The summed E-state index contributed by atoms with van der Waals surface area (Å²) in [6, 6.07) is 51.0. The highest BCUT2D eigenvalue weighted by atomic mass is 16.1.